The number of hydrogen-bond donors (Lipinski definition) is 1. The number of amides is 1. The van der Waals surface area contributed by atoms with E-state index >= 15 is 0 Å². The van der Waals surface area contributed by atoms with Gasteiger partial charge in [0, 0.05) is 17.9 Å². The SMILES string of the molecule is CCCC1SCCN1C(=O)c1cc(-c2ccccc2OC)n[nH]1. The van der Waals surface area contributed by atoms with Crippen molar-refractivity contribution < 1.29 is 9.53 Å². The fraction of sp³-hybridized carbons (Fsp3) is 0.412. The third-order valence-electron chi connectivity index (χ3n) is 3.98. The molecule has 0 bridgehead atoms. The second-order valence-electron chi connectivity index (χ2n) is 5.48. The third-order valence-corrected chi connectivity index (χ3v) is 5.27. The lowest BCUT2D eigenvalue weighted by Gasteiger charge is -2.22. The van der Waals surface area contributed by atoms with Crippen molar-refractivity contribution in [1.29, 1.82) is 0 Å². The van der Waals surface area contributed by atoms with Crippen LogP contribution in [0.5, 0.6) is 5.75 Å². The first-order valence-electron chi connectivity index (χ1n) is 7.86. The van der Waals surface area contributed by atoms with E-state index in [0.29, 0.717) is 5.69 Å². The minimum atomic E-state index is 0.0297. The number of para-hydroxylation sites is 1. The summed E-state index contributed by atoms with van der Waals surface area (Å²) in [4.78, 5) is 14.7. The molecule has 1 amide bonds. The number of nitrogens with one attached hydrogen (secondary N) is 1. The topological polar surface area (TPSA) is 58.2 Å². The van der Waals surface area contributed by atoms with E-state index in [2.05, 4.69) is 17.1 Å². The highest BCUT2D eigenvalue weighted by Crippen LogP contribution is 2.31. The molecule has 0 aliphatic carbocycles. The lowest BCUT2D eigenvalue weighted by molar-refractivity contribution is 0.0750. The third kappa shape index (κ3) is 3.22. The first-order valence-corrected chi connectivity index (χ1v) is 8.90. The predicted octanol–water partition coefficient (Wildman–Crippen LogP) is 3.40. The number of carbonyl (C=O) groups is 1. The molecule has 1 N–H and O–H groups in total. The van der Waals surface area contributed by atoms with Crippen LogP contribution < -0.4 is 4.74 Å². The maximum absolute atomic E-state index is 12.7. The Morgan fingerprint density at radius 1 is 1.48 bits per heavy atom. The molecule has 1 aromatic carbocycles. The number of methoxy groups -OCH3 is 1. The number of aromatic amines is 1. The summed E-state index contributed by atoms with van der Waals surface area (Å²) >= 11 is 1.86. The Bertz CT molecular complexity index is 686. The highest BCUT2D eigenvalue weighted by molar-refractivity contribution is 8.00. The van der Waals surface area contributed by atoms with Gasteiger partial charge in [-0.1, -0.05) is 25.5 Å². The molecule has 5 nitrogen and oxygen atoms in total. The zero-order chi connectivity index (χ0) is 16.2. The van der Waals surface area contributed by atoms with Gasteiger partial charge < -0.3 is 9.64 Å². The van der Waals surface area contributed by atoms with Gasteiger partial charge >= 0.3 is 0 Å². The number of thioether (sulfide) groups is 1. The van der Waals surface area contributed by atoms with E-state index in [4.69, 9.17) is 4.74 Å². The molecule has 1 fully saturated rings. The molecule has 122 valence electrons. The number of aromatic nitrogens is 2. The maximum atomic E-state index is 12.7. The number of hydrogen-bond acceptors (Lipinski definition) is 4. The van der Waals surface area contributed by atoms with Crippen molar-refractivity contribution in [2.45, 2.75) is 25.1 Å². The molecule has 2 aromatic rings. The molecule has 23 heavy (non-hydrogen) atoms. The Morgan fingerprint density at radius 3 is 3.09 bits per heavy atom. The van der Waals surface area contributed by atoms with Gasteiger partial charge in [0.2, 0.25) is 0 Å². The maximum Gasteiger partial charge on any atom is 0.272 e. The highest BCUT2D eigenvalue weighted by atomic mass is 32.2. The monoisotopic (exact) mass is 331 g/mol. The second-order valence-corrected chi connectivity index (χ2v) is 6.77. The van der Waals surface area contributed by atoms with Crippen LogP contribution in [0.1, 0.15) is 30.3 Å². The number of H-pyrrole nitrogens is 1. The van der Waals surface area contributed by atoms with Crippen LogP contribution in [-0.4, -0.2) is 45.8 Å². The van der Waals surface area contributed by atoms with Gasteiger partial charge in [-0.25, -0.2) is 0 Å². The molecule has 1 atom stereocenters. The second kappa shape index (κ2) is 7.08. The zero-order valence-corrected chi connectivity index (χ0v) is 14.2. The summed E-state index contributed by atoms with van der Waals surface area (Å²) in [5, 5.41) is 7.47. The average molecular weight is 331 g/mol. The number of rotatable bonds is 5. The van der Waals surface area contributed by atoms with E-state index in [1.807, 2.05) is 47.0 Å². The van der Waals surface area contributed by atoms with Crippen LogP contribution in [0, 0.1) is 0 Å². The summed E-state index contributed by atoms with van der Waals surface area (Å²) in [5.41, 5.74) is 2.14. The van der Waals surface area contributed by atoms with Gasteiger partial charge in [0.1, 0.15) is 11.4 Å². The molecule has 0 spiro atoms. The van der Waals surface area contributed by atoms with Crippen LogP contribution in [-0.2, 0) is 0 Å². The quantitative estimate of drug-likeness (QED) is 0.912. The fourth-order valence-electron chi connectivity index (χ4n) is 2.82. The van der Waals surface area contributed by atoms with Crippen molar-refractivity contribution in [3.8, 4) is 17.0 Å². The van der Waals surface area contributed by atoms with Gasteiger partial charge in [-0.2, -0.15) is 5.10 Å². The largest absolute Gasteiger partial charge is 0.496 e. The number of carbonyl (C=O) groups excluding carboxylic acids is 1. The summed E-state index contributed by atoms with van der Waals surface area (Å²) in [5.74, 6) is 1.78. The fourth-order valence-corrected chi connectivity index (χ4v) is 4.18. The molecule has 1 unspecified atom stereocenters. The van der Waals surface area contributed by atoms with Crippen LogP contribution in [0.3, 0.4) is 0 Å². The summed E-state index contributed by atoms with van der Waals surface area (Å²) in [6.07, 6.45) is 2.11. The molecular weight excluding hydrogens is 310 g/mol. The standard InChI is InChI=1S/C17H21N3O2S/c1-3-6-16-20(9-10-23-16)17(21)14-11-13(18-19-14)12-7-4-5-8-15(12)22-2/h4-5,7-8,11,16H,3,6,9-10H2,1-2H3,(H,18,19). The van der Waals surface area contributed by atoms with Gasteiger partial charge in [0.15, 0.2) is 0 Å². The van der Waals surface area contributed by atoms with Crippen molar-refractivity contribution >= 4 is 17.7 Å². The van der Waals surface area contributed by atoms with Crippen LogP contribution >= 0.6 is 11.8 Å². The molecule has 3 rings (SSSR count). The van der Waals surface area contributed by atoms with Crippen molar-refractivity contribution in [2.75, 3.05) is 19.4 Å². The Balaban J connectivity index is 1.83. The van der Waals surface area contributed by atoms with Crippen LogP contribution in [0.4, 0.5) is 0 Å². The lowest BCUT2D eigenvalue weighted by atomic mass is 10.1. The smallest absolute Gasteiger partial charge is 0.272 e. The van der Waals surface area contributed by atoms with Crippen LogP contribution in [0.2, 0.25) is 0 Å². The molecule has 6 heteroatoms. The van der Waals surface area contributed by atoms with Gasteiger partial charge in [0.25, 0.3) is 5.91 Å². The molecule has 0 saturated carbocycles. The Kier molecular flexibility index (Phi) is 4.91. The van der Waals surface area contributed by atoms with Crippen LogP contribution in [0.25, 0.3) is 11.3 Å². The Labute approximate surface area is 140 Å². The van der Waals surface area contributed by atoms with Crippen molar-refractivity contribution in [2.24, 2.45) is 0 Å². The van der Waals surface area contributed by atoms with E-state index in [-0.39, 0.29) is 11.3 Å². The van der Waals surface area contributed by atoms with E-state index in [1.165, 1.54) is 0 Å². The molecule has 1 aliphatic heterocycles. The van der Waals surface area contributed by atoms with E-state index in [0.717, 1.165) is 42.1 Å². The predicted molar refractivity (Wildman–Crippen MR) is 92.8 cm³/mol. The molecule has 1 saturated heterocycles. The molecule has 1 aromatic heterocycles. The van der Waals surface area contributed by atoms with Crippen molar-refractivity contribution in [1.82, 2.24) is 15.1 Å². The summed E-state index contributed by atoms with van der Waals surface area (Å²) in [6.45, 7) is 2.95. The summed E-state index contributed by atoms with van der Waals surface area (Å²) in [7, 11) is 1.63. The number of nitrogens with zero attached hydrogens (tertiary/aromatic N) is 2. The minimum Gasteiger partial charge on any atom is -0.496 e. The Morgan fingerprint density at radius 2 is 2.30 bits per heavy atom. The molecule has 2 heterocycles. The van der Waals surface area contributed by atoms with Crippen molar-refractivity contribution in [3.63, 3.8) is 0 Å². The van der Waals surface area contributed by atoms with Gasteiger partial charge in [-0.3, -0.25) is 9.89 Å². The van der Waals surface area contributed by atoms with Gasteiger partial charge in [-0.15, -0.1) is 11.8 Å². The summed E-state index contributed by atoms with van der Waals surface area (Å²) in [6, 6.07) is 9.49. The normalized spacial score (nSPS) is 17.5. The number of ether oxygens (including phenoxy) is 1. The number of benzene rings is 1. The minimum absolute atomic E-state index is 0.0297. The van der Waals surface area contributed by atoms with Crippen molar-refractivity contribution in [3.05, 3.63) is 36.0 Å². The first kappa shape index (κ1) is 15.9. The molecular formula is C17H21N3O2S. The molecule has 1 aliphatic rings. The summed E-state index contributed by atoms with van der Waals surface area (Å²) < 4.78 is 5.37. The van der Waals surface area contributed by atoms with Gasteiger partial charge in [-0.05, 0) is 24.6 Å². The Hall–Kier alpha value is -1.95. The average Bonchev–Trinajstić information content (AvgIpc) is 3.24. The van der Waals surface area contributed by atoms with Crippen LogP contribution in [0.15, 0.2) is 30.3 Å². The molecule has 0 radical (unpaired) electrons. The lowest BCUT2D eigenvalue weighted by Crippen LogP contribution is -2.34. The van der Waals surface area contributed by atoms with E-state index in [1.54, 1.807) is 7.11 Å². The van der Waals surface area contributed by atoms with Gasteiger partial charge in [0.05, 0.1) is 18.2 Å². The van der Waals surface area contributed by atoms with E-state index in [9.17, 15) is 4.79 Å². The zero-order valence-electron chi connectivity index (χ0n) is 13.4. The first-order chi connectivity index (χ1) is 11.2. The highest BCUT2D eigenvalue weighted by Gasteiger charge is 2.30. The van der Waals surface area contributed by atoms with E-state index < -0.39 is 0 Å².